The zero-order chi connectivity index (χ0) is 18.7. The molecular weight excluding hydrogens is 342 g/mol. The van der Waals surface area contributed by atoms with Crippen LogP contribution in [0.25, 0.3) is 0 Å². The van der Waals surface area contributed by atoms with Crippen LogP contribution in [-0.2, 0) is 6.54 Å². The Bertz CT molecular complexity index is 810. The number of rotatable bonds is 4. The molecule has 0 amide bonds. The summed E-state index contributed by atoms with van der Waals surface area (Å²) in [4.78, 5) is 8.86. The van der Waals surface area contributed by atoms with Crippen LogP contribution >= 0.6 is 0 Å². The second-order valence-corrected chi connectivity index (χ2v) is 7.36. The molecule has 2 aromatic rings. The van der Waals surface area contributed by atoms with Crippen LogP contribution in [0, 0.1) is 6.92 Å². The van der Waals surface area contributed by atoms with E-state index in [0.29, 0.717) is 18.3 Å². The molecule has 0 saturated heterocycles. The number of benzene rings is 1. The maximum Gasteiger partial charge on any atom is 0.248 e. The SMILES string of the molecule is CCNC(=NCc1nc(C)no1)NC1CC2(CCCC2)Oc2ccccc21. The lowest BCUT2D eigenvalue weighted by Crippen LogP contribution is -2.46. The van der Waals surface area contributed by atoms with E-state index >= 15 is 0 Å². The van der Waals surface area contributed by atoms with Crippen LogP contribution in [0.15, 0.2) is 33.8 Å². The fourth-order valence-electron chi connectivity index (χ4n) is 4.11. The highest BCUT2D eigenvalue weighted by molar-refractivity contribution is 5.80. The number of guanidine groups is 1. The molecule has 144 valence electrons. The number of aromatic nitrogens is 2. The lowest BCUT2D eigenvalue weighted by molar-refractivity contribution is 0.0396. The highest BCUT2D eigenvalue weighted by atomic mass is 16.5. The summed E-state index contributed by atoms with van der Waals surface area (Å²) >= 11 is 0. The van der Waals surface area contributed by atoms with Crippen molar-refractivity contribution in [2.75, 3.05) is 6.54 Å². The van der Waals surface area contributed by atoms with Gasteiger partial charge in [-0.05, 0) is 45.6 Å². The fraction of sp³-hybridized carbons (Fsp3) is 0.550. The Morgan fingerprint density at radius 3 is 2.85 bits per heavy atom. The zero-order valence-electron chi connectivity index (χ0n) is 16.0. The predicted molar refractivity (Wildman–Crippen MR) is 103 cm³/mol. The Morgan fingerprint density at radius 1 is 1.30 bits per heavy atom. The van der Waals surface area contributed by atoms with Gasteiger partial charge in [0.25, 0.3) is 0 Å². The Balaban J connectivity index is 1.56. The van der Waals surface area contributed by atoms with Crippen LogP contribution < -0.4 is 15.4 Å². The van der Waals surface area contributed by atoms with Crippen LogP contribution in [0.1, 0.15) is 62.3 Å². The molecule has 4 rings (SSSR count). The molecule has 1 aliphatic heterocycles. The molecule has 1 unspecified atom stereocenters. The summed E-state index contributed by atoms with van der Waals surface area (Å²) in [6, 6.07) is 8.49. The molecule has 7 nitrogen and oxygen atoms in total. The van der Waals surface area contributed by atoms with Gasteiger partial charge in [0.05, 0.1) is 6.04 Å². The van der Waals surface area contributed by atoms with Crippen molar-refractivity contribution in [2.45, 2.75) is 64.1 Å². The van der Waals surface area contributed by atoms with Crippen molar-refractivity contribution < 1.29 is 9.26 Å². The van der Waals surface area contributed by atoms with Gasteiger partial charge in [-0.2, -0.15) is 4.98 Å². The van der Waals surface area contributed by atoms with Gasteiger partial charge in [0.1, 0.15) is 17.9 Å². The topological polar surface area (TPSA) is 84.6 Å². The Kier molecular flexibility index (Phi) is 5.01. The summed E-state index contributed by atoms with van der Waals surface area (Å²) in [7, 11) is 0. The molecule has 1 fully saturated rings. The van der Waals surface area contributed by atoms with E-state index in [1.54, 1.807) is 6.92 Å². The van der Waals surface area contributed by atoms with Gasteiger partial charge in [-0.25, -0.2) is 4.99 Å². The lowest BCUT2D eigenvalue weighted by atomic mass is 9.86. The first-order chi connectivity index (χ1) is 13.2. The molecule has 2 heterocycles. The molecule has 0 radical (unpaired) electrons. The molecule has 2 aliphatic rings. The molecule has 1 aromatic carbocycles. The molecule has 2 N–H and O–H groups in total. The first-order valence-electron chi connectivity index (χ1n) is 9.79. The van der Waals surface area contributed by atoms with Crippen LogP contribution in [-0.4, -0.2) is 28.2 Å². The second-order valence-electron chi connectivity index (χ2n) is 7.36. The summed E-state index contributed by atoms with van der Waals surface area (Å²) < 4.78 is 11.6. The third kappa shape index (κ3) is 3.91. The molecule has 1 aliphatic carbocycles. The molecule has 0 bridgehead atoms. The monoisotopic (exact) mass is 369 g/mol. The van der Waals surface area contributed by atoms with Crippen molar-refractivity contribution in [2.24, 2.45) is 4.99 Å². The molecule has 1 spiro atoms. The number of fused-ring (bicyclic) bond motifs is 1. The van der Waals surface area contributed by atoms with E-state index in [0.717, 1.165) is 37.5 Å². The largest absolute Gasteiger partial charge is 0.487 e. The van der Waals surface area contributed by atoms with Crippen molar-refractivity contribution in [3.05, 3.63) is 41.5 Å². The lowest BCUT2D eigenvalue weighted by Gasteiger charge is -2.40. The number of hydrogen-bond donors (Lipinski definition) is 2. The molecule has 7 heteroatoms. The number of aliphatic imine (C=N–C) groups is 1. The van der Waals surface area contributed by atoms with Gasteiger partial charge < -0.3 is 19.9 Å². The summed E-state index contributed by atoms with van der Waals surface area (Å²) in [5, 5.41) is 10.8. The van der Waals surface area contributed by atoms with Gasteiger partial charge in [0.15, 0.2) is 11.8 Å². The van der Waals surface area contributed by atoms with E-state index in [9.17, 15) is 0 Å². The fourth-order valence-corrected chi connectivity index (χ4v) is 4.11. The third-order valence-corrected chi connectivity index (χ3v) is 5.31. The highest BCUT2D eigenvalue weighted by Crippen LogP contribution is 2.46. The quantitative estimate of drug-likeness (QED) is 0.636. The number of hydrogen-bond acceptors (Lipinski definition) is 5. The average molecular weight is 369 g/mol. The standard InChI is InChI=1S/C20H27N5O2/c1-3-21-19(22-13-18-23-14(2)25-27-18)24-16-12-20(10-6-7-11-20)26-17-9-5-4-8-15(16)17/h4-5,8-9,16H,3,6-7,10-13H2,1-2H3,(H2,21,22,24). The maximum absolute atomic E-state index is 6.45. The minimum absolute atomic E-state index is 0.0487. The first-order valence-corrected chi connectivity index (χ1v) is 9.79. The van der Waals surface area contributed by atoms with Gasteiger partial charge in [0.2, 0.25) is 5.89 Å². The minimum Gasteiger partial charge on any atom is -0.487 e. The van der Waals surface area contributed by atoms with E-state index in [1.807, 2.05) is 6.07 Å². The second kappa shape index (κ2) is 7.58. The number of aryl methyl sites for hydroxylation is 1. The van der Waals surface area contributed by atoms with Crippen LogP contribution in [0.5, 0.6) is 5.75 Å². The Labute approximate surface area is 159 Å². The van der Waals surface area contributed by atoms with E-state index in [1.165, 1.54) is 18.4 Å². The van der Waals surface area contributed by atoms with Crippen molar-refractivity contribution in [1.29, 1.82) is 0 Å². The van der Waals surface area contributed by atoms with Crippen molar-refractivity contribution in [3.8, 4) is 5.75 Å². The smallest absolute Gasteiger partial charge is 0.248 e. The van der Waals surface area contributed by atoms with E-state index in [2.05, 4.69) is 50.9 Å². The first kappa shape index (κ1) is 17.8. The highest BCUT2D eigenvalue weighted by Gasteiger charge is 2.43. The summed E-state index contributed by atoms with van der Waals surface area (Å²) in [6.45, 7) is 5.00. The van der Waals surface area contributed by atoms with Gasteiger partial charge in [0, 0.05) is 18.5 Å². The number of para-hydroxylation sites is 1. The summed E-state index contributed by atoms with van der Waals surface area (Å²) in [5.74, 6) is 2.89. The van der Waals surface area contributed by atoms with Crippen molar-refractivity contribution >= 4 is 5.96 Å². The molecule has 27 heavy (non-hydrogen) atoms. The summed E-state index contributed by atoms with van der Waals surface area (Å²) in [5.41, 5.74) is 1.14. The molecule has 1 atom stereocenters. The minimum atomic E-state index is -0.0487. The van der Waals surface area contributed by atoms with Gasteiger partial charge in [-0.1, -0.05) is 23.4 Å². The van der Waals surface area contributed by atoms with Gasteiger partial charge in [-0.15, -0.1) is 0 Å². The number of ether oxygens (including phenoxy) is 1. The van der Waals surface area contributed by atoms with E-state index in [4.69, 9.17) is 9.26 Å². The normalized spacial score (nSPS) is 21.0. The van der Waals surface area contributed by atoms with Crippen molar-refractivity contribution in [1.82, 2.24) is 20.8 Å². The number of nitrogens with one attached hydrogen (secondary N) is 2. The van der Waals surface area contributed by atoms with Crippen LogP contribution in [0.2, 0.25) is 0 Å². The van der Waals surface area contributed by atoms with Crippen LogP contribution in [0.3, 0.4) is 0 Å². The zero-order valence-corrected chi connectivity index (χ0v) is 16.0. The Morgan fingerprint density at radius 2 is 2.11 bits per heavy atom. The Hall–Kier alpha value is -2.57. The number of nitrogens with zero attached hydrogens (tertiary/aromatic N) is 3. The van der Waals surface area contributed by atoms with E-state index in [-0.39, 0.29) is 11.6 Å². The van der Waals surface area contributed by atoms with Gasteiger partial charge in [-0.3, -0.25) is 0 Å². The predicted octanol–water partition coefficient (Wildman–Crippen LogP) is 3.27. The van der Waals surface area contributed by atoms with Crippen LogP contribution in [0.4, 0.5) is 0 Å². The third-order valence-electron chi connectivity index (χ3n) is 5.31. The maximum atomic E-state index is 6.45. The van der Waals surface area contributed by atoms with Crippen molar-refractivity contribution in [3.63, 3.8) is 0 Å². The molecule has 1 saturated carbocycles. The van der Waals surface area contributed by atoms with E-state index < -0.39 is 0 Å². The summed E-state index contributed by atoms with van der Waals surface area (Å²) in [6.07, 6.45) is 5.66. The average Bonchev–Trinajstić information content (AvgIpc) is 3.29. The molecule has 1 aromatic heterocycles. The molecular formula is C20H27N5O2. The van der Waals surface area contributed by atoms with Gasteiger partial charge >= 0.3 is 0 Å².